The number of hydrogen-bond acceptors (Lipinski definition) is 6. The Kier molecular flexibility index (Phi) is 4.71. The van der Waals surface area contributed by atoms with Gasteiger partial charge in [0.05, 0.1) is 11.5 Å². The number of hydrazine groups is 1. The van der Waals surface area contributed by atoms with Gasteiger partial charge in [-0.3, -0.25) is 20.8 Å². The number of nitrogens with zero attached hydrogens (tertiary/aromatic N) is 2. The van der Waals surface area contributed by atoms with Crippen molar-refractivity contribution in [2.24, 2.45) is 11.8 Å². The third-order valence-corrected chi connectivity index (χ3v) is 3.57. The maximum atomic E-state index is 12.4. The zero-order valence-corrected chi connectivity index (χ0v) is 11.7. The Morgan fingerprint density at radius 1 is 1.62 bits per heavy atom. The third-order valence-electron chi connectivity index (χ3n) is 3.57. The molecule has 1 atom stereocenters. The van der Waals surface area contributed by atoms with E-state index in [1.165, 1.54) is 18.2 Å². The number of ether oxygens (including phenoxy) is 1. The highest BCUT2D eigenvalue weighted by molar-refractivity contribution is 5.96. The Bertz CT molecular complexity index is 549. The summed E-state index contributed by atoms with van der Waals surface area (Å²) in [6.45, 7) is 1.92. The molecule has 1 fully saturated rings. The second-order valence-electron chi connectivity index (χ2n) is 4.99. The van der Waals surface area contributed by atoms with Crippen LogP contribution in [-0.4, -0.2) is 42.5 Å². The van der Waals surface area contributed by atoms with E-state index < -0.39 is 4.92 Å². The summed E-state index contributed by atoms with van der Waals surface area (Å²) in [5, 5.41) is 10.8. The fourth-order valence-electron chi connectivity index (χ4n) is 2.52. The van der Waals surface area contributed by atoms with E-state index in [-0.39, 0.29) is 17.3 Å². The first-order valence-electron chi connectivity index (χ1n) is 6.60. The number of nitrogen functional groups attached to an aromatic ring is 1. The van der Waals surface area contributed by atoms with Crippen LogP contribution in [0.2, 0.25) is 0 Å². The minimum absolute atomic E-state index is 0.124. The highest BCUT2D eigenvalue weighted by Crippen LogP contribution is 2.26. The van der Waals surface area contributed by atoms with Gasteiger partial charge in [-0.2, -0.15) is 0 Å². The number of carbonyl (C=O) groups is 1. The zero-order valence-electron chi connectivity index (χ0n) is 11.7. The summed E-state index contributed by atoms with van der Waals surface area (Å²) >= 11 is 0. The Morgan fingerprint density at radius 3 is 3.00 bits per heavy atom. The number of methoxy groups -OCH3 is 1. The minimum Gasteiger partial charge on any atom is -0.384 e. The van der Waals surface area contributed by atoms with Gasteiger partial charge < -0.3 is 15.1 Å². The number of amides is 1. The number of anilines is 1. The fraction of sp³-hybridized carbons (Fsp3) is 0.462. The van der Waals surface area contributed by atoms with Crippen LogP contribution < -0.4 is 11.3 Å². The number of likely N-dealkylation sites (tertiary alicyclic amines) is 1. The van der Waals surface area contributed by atoms with Gasteiger partial charge in [0.15, 0.2) is 0 Å². The molecule has 21 heavy (non-hydrogen) atoms. The van der Waals surface area contributed by atoms with Crippen LogP contribution in [0.25, 0.3) is 0 Å². The topological polar surface area (TPSA) is 111 Å². The predicted octanol–water partition coefficient (Wildman–Crippen LogP) is 0.989. The molecule has 1 aliphatic rings. The zero-order chi connectivity index (χ0) is 15.4. The number of benzene rings is 1. The molecule has 8 nitrogen and oxygen atoms in total. The molecule has 0 saturated carbocycles. The Balaban J connectivity index is 2.15. The van der Waals surface area contributed by atoms with Crippen LogP contribution >= 0.6 is 0 Å². The van der Waals surface area contributed by atoms with Gasteiger partial charge in [0.1, 0.15) is 5.69 Å². The lowest BCUT2D eigenvalue weighted by molar-refractivity contribution is -0.384. The number of nitrogens with one attached hydrogen (secondary N) is 1. The maximum absolute atomic E-state index is 12.4. The molecule has 0 aliphatic carbocycles. The maximum Gasteiger partial charge on any atom is 0.293 e. The largest absolute Gasteiger partial charge is 0.384 e. The van der Waals surface area contributed by atoms with Crippen molar-refractivity contribution >= 4 is 17.3 Å². The first kappa shape index (κ1) is 15.2. The quantitative estimate of drug-likeness (QED) is 0.476. The minimum atomic E-state index is -0.548. The van der Waals surface area contributed by atoms with Gasteiger partial charge in [-0.15, -0.1) is 0 Å². The molecule has 8 heteroatoms. The van der Waals surface area contributed by atoms with Crippen LogP contribution in [0, 0.1) is 16.0 Å². The lowest BCUT2D eigenvalue weighted by Crippen LogP contribution is -2.29. The average molecular weight is 294 g/mol. The van der Waals surface area contributed by atoms with Gasteiger partial charge in [0.2, 0.25) is 0 Å². The molecule has 1 amide bonds. The summed E-state index contributed by atoms with van der Waals surface area (Å²) in [5.74, 6) is 5.46. The summed E-state index contributed by atoms with van der Waals surface area (Å²) in [6.07, 6.45) is 0.897. The molecule has 3 N–H and O–H groups in total. The smallest absolute Gasteiger partial charge is 0.293 e. The average Bonchev–Trinajstić information content (AvgIpc) is 2.94. The molecule has 1 heterocycles. The highest BCUT2D eigenvalue weighted by Gasteiger charge is 2.27. The molecule has 0 spiro atoms. The van der Waals surface area contributed by atoms with Gasteiger partial charge in [-0.1, -0.05) is 0 Å². The molecule has 1 saturated heterocycles. The van der Waals surface area contributed by atoms with E-state index in [0.717, 1.165) is 6.42 Å². The van der Waals surface area contributed by atoms with Crippen LogP contribution in [0.4, 0.5) is 11.4 Å². The molecule has 0 radical (unpaired) electrons. The van der Waals surface area contributed by atoms with E-state index in [4.69, 9.17) is 10.6 Å². The molecule has 1 aromatic rings. The fourth-order valence-corrected chi connectivity index (χ4v) is 2.52. The van der Waals surface area contributed by atoms with Crippen LogP contribution in [0.3, 0.4) is 0 Å². The molecule has 0 aromatic heterocycles. The molecule has 1 aliphatic heterocycles. The standard InChI is InChI=1S/C13H18N4O4/c1-21-8-9-4-5-16(7-9)13(18)10-2-3-12(17(19)20)11(6-10)15-14/h2-3,6,9,15H,4-5,7-8,14H2,1H3. The summed E-state index contributed by atoms with van der Waals surface area (Å²) < 4.78 is 5.10. The van der Waals surface area contributed by atoms with E-state index in [9.17, 15) is 14.9 Å². The third kappa shape index (κ3) is 3.29. The summed E-state index contributed by atoms with van der Waals surface area (Å²) in [4.78, 5) is 24.4. The van der Waals surface area contributed by atoms with E-state index in [1.54, 1.807) is 12.0 Å². The molecule has 0 bridgehead atoms. The number of rotatable bonds is 5. The monoisotopic (exact) mass is 294 g/mol. The van der Waals surface area contributed by atoms with Gasteiger partial charge in [-0.25, -0.2) is 0 Å². The number of nitrogens with two attached hydrogens (primary N) is 1. The van der Waals surface area contributed by atoms with Crippen molar-refractivity contribution in [2.75, 3.05) is 32.2 Å². The molecule has 1 aromatic carbocycles. The number of nitro groups is 1. The lowest BCUT2D eigenvalue weighted by Gasteiger charge is -2.17. The van der Waals surface area contributed by atoms with Gasteiger partial charge in [0, 0.05) is 37.7 Å². The van der Waals surface area contributed by atoms with E-state index in [0.29, 0.717) is 31.2 Å². The highest BCUT2D eigenvalue weighted by atomic mass is 16.6. The van der Waals surface area contributed by atoms with E-state index >= 15 is 0 Å². The van der Waals surface area contributed by atoms with Crippen LogP contribution in [0.1, 0.15) is 16.8 Å². The normalized spacial score (nSPS) is 17.8. The van der Waals surface area contributed by atoms with Crippen molar-refractivity contribution in [3.8, 4) is 0 Å². The van der Waals surface area contributed by atoms with Crippen molar-refractivity contribution < 1.29 is 14.5 Å². The van der Waals surface area contributed by atoms with Gasteiger partial charge in [-0.05, 0) is 18.6 Å². The van der Waals surface area contributed by atoms with Crippen LogP contribution in [0.5, 0.6) is 0 Å². The van der Waals surface area contributed by atoms with Crippen molar-refractivity contribution in [1.29, 1.82) is 0 Å². The van der Waals surface area contributed by atoms with Crippen molar-refractivity contribution in [1.82, 2.24) is 4.90 Å². The van der Waals surface area contributed by atoms with Crippen molar-refractivity contribution in [2.45, 2.75) is 6.42 Å². The van der Waals surface area contributed by atoms with E-state index in [1.807, 2.05) is 0 Å². The summed E-state index contributed by atoms with van der Waals surface area (Å²) in [5.41, 5.74) is 2.60. The van der Waals surface area contributed by atoms with Crippen molar-refractivity contribution in [3.63, 3.8) is 0 Å². The lowest BCUT2D eigenvalue weighted by atomic mass is 10.1. The summed E-state index contributed by atoms with van der Waals surface area (Å²) in [7, 11) is 1.64. The Labute approximate surface area is 122 Å². The van der Waals surface area contributed by atoms with Crippen molar-refractivity contribution in [3.05, 3.63) is 33.9 Å². The molecule has 114 valence electrons. The molecule has 1 unspecified atom stereocenters. The number of carbonyl (C=O) groups excluding carboxylic acids is 1. The molecule has 2 rings (SSSR count). The number of hydrogen-bond donors (Lipinski definition) is 2. The first-order chi connectivity index (χ1) is 10.1. The first-order valence-corrected chi connectivity index (χ1v) is 6.60. The predicted molar refractivity (Wildman–Crippen MR) is 76.8 cm³/mol. The Morgan fingerprint density at radius 2 is 2.38 bits per heavy atom. The van der Waals surface area contributed by atoms with Crippen LogP contribution in [0.15, 0.2) is 18.2 Å². The number of nitro benzene ring substituents is 1. The van der Waals surface area contributed by atoms with Gasteiger partial charge in [0.25, 0.3) is 11.6 Å². The molecular weight excluding hydrogens is 276 g/mol. The summed E-state index contributed by atoms with van der Waals surface area (Å²) in [6, 6.07) is 4.14. The van der Waals surface area contributed by atoms with Gasteiger partial charge >= 0.3 is 0 Å². The second kappa shape index (κ2) is 6.51. The SMILES string of the molecule is COCC1CCN(C(=O)c2ccc([N+](=O)[O-])c(NN)c2)C1. The van der Waals surface area contributed by atoms with E-state index in [2.05, 4.69) is 5.43 Å². The Hall–Kier alpha value is -2.19. The molecular formula is C13H18N4O4. The van der Waals surface area contributed by atoms with Crippen LogP contribution in [-0.2, 0) is 4.74 Å². The second-order valence-corrected chi connectivity index (χ2v) is 4.99.